The Bertz CT molecular complexity index is 677. The van der Waals surface area contributed by atoms with Gasteiger partial charge in [-0.2, -0.15) is 26.3 Å². The summed E-state index contributed by atoms with van der Waals surface area (Å²) in [6, 6.07) is 0. The predicted molar refractivity (Wildman–Crippen MR) is 96.8 cm³/mol. The molecule has 6 nitrogen and oxygen atoms in total. The first-order chi connectivity index (χ1) is 13.7. The van der Waals surface area contributed by atoms with Crippen molar-refractivity contribution in [3.63, 3.8) is 0 Å². The number of aliphatic carboxylic acids is 1. The number of nitrogens with one attached hydrogen (secondary N) is 1. The number of carboxylic acids is 1. The molecule has 0 heterocycles. The molecule has 0 aromatic heterocycles. The maximum Gasteiger partial charge on any atom is 0.422 e. The zero-order valence-electron chi connectivity index (χ0n) is 17.6. The molecular formula is C17H29F7N2O4S. The summed E-state index contributed by atoms with van der Waals surface area (Å²) < 4.78 is 116. The second kappa shape index (κ2) is 11.1. The van der Waals surface area contributed by atoms with Gasteiger partial charge in [0.15, 0.2) is 0 Å². The molecule has 186 valence electrons. The highest BCUT2D eigenvalue weighted by molar-refractivity contribution is 7.89. The van der Waals surface area contributed by atoms with Gasteiger partial charge in [-0.25, -0.2) is 17.5 Å². The molecule has 1 N–H and O–H groups in total. The Labute approximate surface area is 177 Å². The highest BCUT2D eigenvalue weighted by Gasteiger charge is 2.51. The molecule has 0 aliphatic carbocycles. The number of carbonyl (C=O) groups is 1. The van der Waals surface area contributed by atoms with Crippen molar-refractivity contribution < 1.29 is 53.5 Å². The number of hydrogen-bond donors (Lipinski definition) is 1. The van der Waals surface area contributed by atoms with Gasteiger partial charge >= 0.3 is 12.4 Å². The summed E-state index contributed by atoms with van der Waals surface area (Å²) >= 11 is 0. The van der Waals surface area contributed by atoms with E-state index in [1.807, 2.05) is 0 Å². The van der Waals surface area contributed by atoms with Crippen LogP contribution in [0.4, 0.5) is 30.7 Å². The lowest BCUT2D eigenvalue weighted by Crippen LogP contribution is -2.49. The quantitative estimate of drug-likeness (QED) is 0.230. The van der Waals surface area contributed by atoms with Crippen LogP contribution < -0.4 is 9.83 Å². The smallest absolute Gasteiger partial charge is 0.422 e. The second-order valence-electron chi connectivity index (χ2n) is 8.37. The van der Waals surface area contributed by atoms with Crippen LogP contribution >= 0.6 is 0 Å². The van der Waals surface area contributed by atoms with Gasteiger partial charge in [-0.15, -0.1) is 0 Å². The lowest BCUT2D eigenvalue weighted by molar-refractivity contribution is -0.884. The molecule has 2 atom stereocenters. The molecule has 0 saturated heterocycles. The van der Waals surface area contributed by atoms with Crippen molar-refractivity contribution >= 4 is 16.0 Å². The molecule has 0 aliphatic rings. The van der Waals surface area contributed by atoms with E-state index in [0.717, 1.165) is 0 Å². The van der Waals surface area contributed by atoms with Crippen LogP contribution in [0.25, 0.3) is 0 Å². The largest absolute Gasteiger partial charge is 0.544 e. The number of quaternary nitrogens is 1. The molecule has 0 amide bonds. The Balaban J connectivity index is 4.64. The van der Waals surface area contributed by atoms with Crippen molar-refractivity contribution in [1.82, 2.24) is 4.72 Å². The average molecular weight is 490 g/mol. The minimum absolute atomic E-state index is 0.0195. The Morgan fingerprint density at radius 1 is 1.03 bits per heavy atom. The number of halogens is 7. The normalized spacial score (nSPS) is 16.7. The maximum absolute atomic E-state index is 13.5. The molecule has 14 heteroatoms. The molecule has 0 spiro atoms. The molecule has 0 saturated carbocycles. The molecule has 0 aromatic carbocycles. The molecule has 2 unspecified atom stereocenters. The SMILES string of the molecule is CC(F)(CCCC(CCS(=O)(=O)NCCC[N+](C)(C)CC(=O)[O-])C(F)(F)F)C(F)(F)F. The molecule has 0 aromatic rings. The van der Waals surface area contributed by atoms with Gasteiger partial charge in [0.05, 0.1) is 38.3 Å². The van der Waals surface area contributed by atoms with Crippen LogP contribution in [0.3, 0.4) is 0 Å². The highest BCUT2D eigenvalue weighted by Crippen LogP contribution is 2.39. The van der Waals surface area contributed by atoms with Gasteiger partial charge in [-0.3, -0.25) is 0 Å². The van der Waals surface area contributed by atoms with Gasteiger partial charge in [0.25, 0.3) is 0 Å². The van der Waals surface area contributed by atoms with Gasteiger partial charge in [0.2, 0.25) is 15.7 Å². The minimum atomic E-state index is -5.21. The standard InChI is InChI=1S/C17H29F7N2O4S/c1-15(18,17(22,23)24)8-4-6-13(16(19,20)21)7-11-31(29,30)25-9-5-10-26(2,3)12-14(27)28/h13,25H,4-12H2,1-3H3. The van der Waals surface area contributed by atoms with Crippen LogP contribution in [-0.2, 0) is 14.8 Å². The van der Waals surface area contributed by atoms with Crippen molar-refractivity contribution in [2.45, 2.75) is 57.0 Å². The summed E-state index contributed by atoms with van der Waals surface area (Å²) in [6.07, 6.45) is -13.4. The van der Waals surface area contributed by atoms with Crippen molar-refractivity contribution in [2.24, 2.45) is 5.92 Å². The Hall–Kier alpha value is -1.15. The van der Waals surface area contributed by atoms with Crippen molar-refractivity contribution in [3.05, 3.63) is 0 Å². The van der Waals surface area contributed by atoms with Crippen molar-refractivity contribution in [3.8, 4) is 0 Å². The average Bonchev–Trinajstić information content (AvgIpc) is 2.51. The summed E-state index contributed by atoms with van der Waals surface area (Å²) in [5.41, 5.74) is -3.63. The van der Waals surface area contributed by atoms with Crippen LogP contribution in [-0.4, -0.2) is 76.4 Å². The molecule has 0 bridgehead atoms. The molecule has 0 rings (SSSR count). The number of hydrogen-bond acceptors (Lipinski definition) is 4. The van der Waals surface area contributed by atoms with E-state index in [-0.39, 0.29) is 37.5 Å². The summed E-state index contributed by atoms with van der Waals surface area (Å²) in [5.74, 6) is -4.38. The van der Waals surface area contributed by atoms with Gasteiger partial charge in [0, 0.05) is 13.0 Å². The lowest BCUT2D eigenvalue weighted by atomic mass is 9.93. The number of rotatable bonds is 14. The number of carbonyl (C=O) groups excluding carboxylic acids is 1. The first-order valence-electron chi connectivity index (χ1n) is 9.50. The molecular weight excluding hydrogens is 461 g/mol. The van der Waals surface area contributed by atoms with Crippen LogP contribution in [0, 0.1) is 5.92 Å². The van der Waals surface area contributed by atoms with Crippen LogP contribution in [0.15, 0.2) is 0 Å². The van der Waals surface area contributed by atoms with E-state index in [9.17, 15) is 49.1 Å². The zero-order chi connectivity index (χ0) is 24.7. The van der Waals surface area contributed by atoms with Gasteiger partial charge in [-0.1, -0.05) is 0 Å². The zero-order valence-corrected chi connectivity index (χ0v) is 18.4. The summed E-state index contributed by atoms with van der Waals surface area (Å²) in [6.45, 7) is 0.0889. The predicted octanol–water partition coefficient (Wildman–Crippen LogP) is 2.15. The third-order valence-electron chi connectivity index (χ3n) is 4.81. The molecule has 31 heavy (non-hydrogen) atoms. The first-order valence-corrected chi connectivity index (χ1v) is 11.2. The van der Waals surface area contributed by atoms with Crippen LogP contribution in [0.2, 0.25) is 0 Å². The van der Waals surface area contributed by atoms with Crippen molar-refractivity contribution in [1.29, 1.82) is 0 Å². The third-order valence-corrected chi connectivity index (χ3v) is 6.22. The number of sulfonamides is 1. The van der Waals surface area contributed by atoms with E-state index in [4.69, 9.17) is 0 Å². The number of likely N-dealkylation sites (N-methyl/N-ethyl adjacent to an activating group) is 1. The fourth-order valence-corrected chi connectivity index (χ4v) is 4.02. The molecule has 0 radical (unpaired) electrons. The lowest BCUT2D eigenvalue weighted by Gasteiger charge is -2.30. The van der Waals surface area contributed by atoms with Gasteiger partial charge in [-0.05, 0) is 32.6 Å². The topological polar surface area (TPSA) is 86.3 Å². The van der Waals surface area contributed by atoms with E-state index in [1.165, 1.54) is 0 Å². The van der Waals surface area contributed by atoms with E-state index in [2.05, 4.69) is 4.72 Å². The van der Waals surface area contributed by atoms with Crippen LogP contribution in [0.1, 0.15) is 39.0 Å². The summed E-state index contributed by atoms with van der Waals surface area (Å²) in [7, 11) is -0.929. The van der Waals surface area contributed by atoms with Gasteiger partial charge in [0.1, 0.15) is 6.54 Å². The van der Waals surface area contributed by atoms with Crippen molar-refractivity contribution in [2.75, 3.05) is 39.5 Å². The Morgan fingerprint density at radius 2 is 1.58 bits per heavy atom. The van der Waals surface area contributed by atoms with Crippen LogP contribution in [0.5, 0.6) is 0 Å². The monoisotopic (exact) mass is 490 g/mol. The number of alkyl halides is 7. The minimum Gasteiger partial charge on any atom is -0.544 e. The highest BCUT2D eigenvalue weighted by atomic mass is 32.2. The van der Waals surface area contributed by atoms with Gasteiger partial charge < -0.3 is 14.4 Å². The number of carboxylic acid groups (broad SMARTS) is 1. The third kappa shape index (κ3) is 12.5. The van der Waals surface area contributed by atoms with E-state index >= 15 is 0 Å². The van der Waals surface area contributed by atoms with E-state index < -0.39 is 71.4 Å². The van der Waals surface area contributed by atoms with E-state index in [1.54, 1.807) is 14.1 Å². The Kier molecular flexibility index (Phi) is 10.7. The molecule has 0 fully saturated rings. The van der Waals surface area contributed by atoms with E-state index in [0.29, 0.717) is 0 Å². The fourth-order valence-electron chi connectivity index (χ4n) is 2.83. The summed E-state index contributed by atoms with van der Waals surface area (Å²) in [5, 5.41) is 10.6. The second-order valence-corrected chi connectivity index (χ2v) is 10.3. The number of nitrogens with zero attached hydrogens (tertiary/aromatic N) is 1. The Morgan fingerprint density at radius 3 is 2.03 bits per heavy atom. The summed E-state index contributed by atoms with van der Waals surface area (Å²) in [4.78, 5) is 10.6. The maximum atomic E-state index is 13.5. The molecule has 0 aliphatic heterocycles. The first kappa shape index (κ1) is 29.9. The fraction of sp³-hybridized carbons (Fsp3) is 0.941.